The van der Waals surface area contributed by atoms with Crippen molar-refractivity contribution in [3.63, 3.8) is 0 Å². The van der Waals surface area contributed by atoms with Gasteiger partial charge in [0.1, 0.15) is 0 Å². The van der Waals surface area contributed by atoms with E-state index in [4.69, 9.17) is 28.3 Å². The van der Waals surface area contributed by atoms with Crippen LogP contribution in [0.2, 0.25) is 10.4 Å². The van der Waals surface area contributed by atoms with Crippen LogP contribution in [0.5, 0.6) is 0 Å². The van der Waals surface area contributed by atoms with Crippen molar-refractivity contribution in [3.8, 4) is 0 Å². The Labute approximate surface area is 97.8 Å². The Morgan fingerprint density at radius 2 is 2.00 bits per heavy atom. The van der Waals surface area contributed by atoms with E-state index in [0.717, 1.165) is 0 Å². The van der Waals surface area contributed by atoms with Gasteiger partial charge in [-0.2, -0.15) is 4.98 Å². The number of hydrogen-bond acceptors (Lipinski definition) is 5. The zero-order valence-corrected chi connectivity index (χ0v) is 9.92. The van der Waals surface area contributed by atoms with E-state index in [1.165, 1.54) is 0 Å². The molecule has 2 N–H and O–H groups in total. The number of rotatable bonds is 4. The highest BCUT2D eigenvalue weighted by Gasteiger charge is 2.15. The van der Waals surface area contributed by atoms with Gasteiger partial charge in [0.25, 0.3) is 0 Å². The second kappa shape index (κ2) is 5.44. The molecule has 84 valence electrons. The van der Waals surface area contributed by atoms with E-state index in [2.05, 4.69) is 20.5 Å². The van der Waals surface area contributed by atoms with E-state index in [9.17, 15) is 0 Å². The lowest BCUT2D eigenvalue weighted by atomic mass is 10.1. The summed E-state index contributed by atoms with van der Waals surface area (Å²) < 4.78 is 0. The standard InChI is InChI=1S/C8H12Cl2N4O/c1-4(2)5(3-15)11-7-6(9)13-14-8(10)12-7/h4-5,15H,3H2,1-2H3,(H,11,12,14). The summed E-state index contributed by atoms with van der Waals surface area (Å²) in [4.78, 5) is 3.88. The molecule has 0 aromatic carbocycles. The average molecular weight is 251 g/mol. The molecular weight excluding hydrogens is 239 g/mol. The SMILES string of the molecule is CC(C)C(CO)Nc1nc(Cl)nnc1Cl. The molecule has 0 radical (unpaired) electrons. The van der Waals surface area contributed by atoms with Crippen LogP contribution in [0, 0.1) is 5.92 Å². The number of hydrogen-bond donors (Lipinski definition) is 2. The summed E-state index contributed by atoms with van der Waals surface area (Å²) in [5, 5.41) is 19.3. The molecule has 5 nitrogen and oxygen atoms in total. The van der Waals surface area contributed by atoms with Crippen LogP contribution in [0.4, 0.5) is 5.82 Å². The maximum absolute atomic E-state index is 9.12. The Hall–Kier alpha value is -0.650. The average Bonchev–Trinajstić information content (AvgIpc) is 2.18. The van der Waals surface area contributed by atoms with Crippen molar-refractivity contribution in [2.75, 3.05) is 11.9 Å². The quantitative estimate of drug-likeness (QED) is 0.850. The zero-order valence-electron chi connectivity index (χ0n) is 8.41. The molecule has 7 heteroatoms. The lowest BCUT2D eigenvalue weighted by Crippen LogP contribution is -2.30. The molecule has 1 unspecified atom stereocenters. The molecule has 0 bridgehead atoms. The molecule has 15 heavy (non-hydrogen) atoms. The third-order valence-corrected chi connectivity index (χ3v) is 2.36. The molecule has 0 aliphatic rings. The third kappa shape index (κ3) is 3.44. The van der Waals surface area contributed by atoms with Crippen molar-refractivity contribution < 1.29 is 5.11 Å². The van der Waals surface area contributed by atoms with Crippen molar-refractivity contribution in [3.05, 3.63) is 10.4 Å². The maximum Gasteiger partial charge on any atom is 0.245 e. The Balaban J connectivity index is 2.82. The van der Waals surface area contributed by atoms with Gasteiger partial charge in [-0.25, -0.2) is 0 Å². The number of nitrogens with zero attached hydrogens (tertiary/aromatic N) is 3. The van der Waals surface area contributed by atoms with Gasteiger partial charge in [0.2, 0.25) is 5.28 Å². The molecule has 0 aliphatic heterocycles. The minimum absolute atomic E-state index is 0.0161. The van der Waals surface area contributed by atoms with Gasteiger partial charge in [-0.1, -0.05) is 25.4 Å². The zero-order chi connectivity index (χ0) is 11.4. The Morgan fingerprint density at radius 3 is 2.53 bits per heavy atom. The third-order valence-electron chi connectivity index (χ3n) is 1.94. The molecular formula is C8H12Cl2N4O. The molecule has 1 atom stereocenters. The predicted octanol–water partition coefficient (Wildman–Crippen LogP) is 1.61. The van der Waals surface area contributed by atoms with E-state index in [0.29, 0.717) is 5.82 Å². The fraction of sp³-hybridized carbons (Fsp3) is 0.625. The molecule has 1 heterocycles. The topological polar surface area (TPSA) is 70.9 Å². The summed E-state index contributed by atoms with van der Waals surface area (Å²) in [6, 6.07) is -0.143. The van der Waals surface area contributed by atoms with E-state index < -0.39 is 0 Å². The summed E-state index contributed by atoms with van der Waals surface area (Å²) in [5.74, 6) is 0.573. The highest BCUT2D eigenvalue weighted by molar-refractivity contribution is 6.32. The van der Waals surface area contributed by atoms with Crippen LogP contribution in [0.15, 0.2) is 0 Å². The van der Waals surface area contributed by atoms with E-state index in [-0.39, 0.29) is 29.0 Å². The summed E-state index contributed by atoms with van der Waals surface area (Å²) >= 11 is 11.3. The summed E-state index contributed by atoms with van der Waals surface area (Å²) in [6.07, 6.45) is 0. The first-order chi connectivity index (χ1) is 7.04. The first kappa shape index (κ1) is 12.4. The van der Waals surface area contributed by atoms with Gasteiger partial charge in [-0.15, -0.1) is 10.2 Å². The lowest BCUT2D eigenvalue weighted by Gasteiger charge is -2.20. The van der Waals surface area contributed by atoms with Crippen LogP contribution >= 0.6 is 23.2 Å². The second-order valence-electron chi connectivity index (χ2n) is 3.40. The van der Waals surface area contributed by atoms with Crippen LogP contribution in [0.25, 0.3) is 0 Å². The van der Waals surface area contributed by atoms with Crippen molar-refractivity contribution in [2.24, 2.45) is 5.92 Å². The molecule has 0 amide bonds. The fourth-order valence-corrected chi connectivity index (χ4v) is 1.24. The Bertz CT molecular complexity index is 334. The van der Waals surface area contributed by atoms with Gasteiger partial charge in [0.05, 0.1) is 12.6 Å². The van der Waals surface area contributed by atoms with Crippen LogP contribution in [-0.2, 0) is 0 Å². The van der Waals surface area contributed by atoms with Crippen LogP contribution in [0.1, 0.15) is 13.8 Å². The van der Waals surface area contributed by atoms with Crippen molar-refractivity contribution >= 4 is 29.0 Å². The molecule has 1 aromatic rings. The van der Waals surface area contributed by atoms with E-state index in [1.807, 2.05) is 13.8 Å². The molecule has 1 rings (SSSR count). The Kier molecular flexibility index (Phi) is 4.50. The van der Waals surface area contributed by atoms with E-state index in [1.54, 1.807) is 0 Å². The number of halogens is 2. The highest BCUT2D eigenvalue weighted by atomic mass is 35.5. The van der Waals surface area contributed by atoms with Crippen LogP contribution in [0.3, 0.4) is 0 Å². The first-order valence-electron chi connectivity index (χ1n) is 4.47. The van der Waals surface area contributed by atoms with Gasteiger partial charge in [0, 0.05) is 0 Å². The van der Waals surface area contributed by atoms with Gasteiger partial charge in [0.15, 0.2) is 11.0 Å². The number of nitrogens with one attached hydrogen (secondary N) is 1. The minimum atomic E-state index is -0.143. The number of aliphatic hydroxyl groups is 1. The van der Waals surface area contributed by atoms with Crippen molar-refractivity contribution in [1.29, 1.82) is 0 Å². The van der Waals surface area contributed by atoms with Gasteiger partial charge in [-0.05, 0) is 17.5 Å². The lowest BCUT2D eigenvalue weighted by molar-refractivity contribution is 0.249. The first-order valence-corrected chi connectivity index (χ1v) is 5.23. The molecule has 0 aliphatic carbocycles. The van der Waals surface area contributed by atoms with Gasteiger partial charge < -0.3 is 10.4 Å². The fourth-order valence-electron chi connectivity index (χ4n) is 0.984. The second-order valence-corrected chi connectivity index (χ2v) is 4.09. The normalized spacial score (nSPS) is 12.9. The molecule has 0 spiro atoms. The predicted molar refractivity (Wildman–Crippen MR) is 59.2 cm³/mol. The van der Waals surface area contributed by atoms with Crippen molar-refractivity contribution in [1.82, 2.24) is 15.2 Å². The molecule has 0 fully saturated rings. The number of aromatic nitrogens is 3. The highest BCUT2D eigenvalue weighted by Crippen LogP contribution is 2.19. The summed E-state index contributed by atoms with van der Waals surface area (Å²) in [5.41, 5.74) is 0. The number of anilines is 1. The smallest absolute Gasteiger partial charge is 0.245 e. The minimum Gasteiger partial charge on any atom is -0.394 e. The summed E-state index contributed by atoms with van der Waals surface area (Å²) in [6.45, 7) is 3.92. The molecule has 1 aromatic heterocycles. The summed E-state index contributed by atoms with van der Waals surface area (Å²) in [7, 11) is 0. The van der Waals surface area contributed by atoms with Crippen molar-refractivity contribution in [2.45, 2.75) is 19.9 Å². The van der Waals surface area contributed by atoms with Crippen LogP contribution < -0.4 is 5.32 Å². The molecule has 0 saturated heterocycles. The maximum atomic E-state index is 9.12. The number of aliphatic hydroxyl groups excluding tert-OH is 1. The van der Waals surface area contributed by atoms with Gasteiger partial charge >= 0.3 is 0 Å². The largest absolute Gasteiger partial charge is 0.394 e. The van der Waals surface area contributed by atoms with Crippen LogP contribution in [-0.4, -0.2) is 32.9 Å². The molecule has 0 saturated carbocycles. The Morgan fingerprint density at radius 1 is 1.33 bits per heavy atom. The van der Waals surface area contributed by atoms with Gasteiger partial charge in [-0.3, -0.25) is 0 Å². The monoisotopic (exact) mass is 250 g/mol. The van der Waals surface area contributed by atoms with E-state index >= 15 is 0 Å².